The second kappa shape index (κ2) is 15.3. The lowest BCUT2D eigenvalue weighted by molar-refractivity contribution is -0.144. The van der Waals surface area contributed by atoms with Crippen molar-refractivity contribution >= 4 is 35.5 Å². The number of H-pyrrole nitrogens is 1. The van der Waals surface area contributed by atoms with Crippen LogP contribution in [0.3, 0.4) is 0 Å². The minimum atomic E-state index is -1.37. The van der Waals surface area contributed by atoms with Crippen molar-refractivity contribution in [3.8, 4) is 11.4 Å². The molecule has 6 N–H and O–H groups in total. The van der Waals surface area contributed by atoms with Gasteiger partial charge in [0.1, 0.15) is 29.5 Å². The minimum Gasteiger partial charge on any atom is -0.480 e. The number of pyridine rings is 1. The van der Waals surface area contributed by atoms with E-state index in [9.17, 15) is 33.9 Å². The molecule has 1 aliphatic carbocycles. The van der Waals surface area contributed by atoms with E-state index in [1.807, 2.05) is 24.3 Å². The summed E-state index contributed by atoms with van der Waals surface area (Å²) in [5, 5.41) is 27.8. The maximum Gasteiger partial charge on any atom is 0.326 e. The maximum absolute atomic E-state index is 14.3. The molecule has 15 heteroatoms. The van der Waals surface area contributed by atoms with Gasteiger partial charge in [-0.2, -0.15) is 5.10 Å². The van der Waals surface area contributed by atoms with E-state index < -0.39 is 47.9 Å². The van der Waals surface area contributed by atoms with Gasteiger partial charge in [0.25, 0.3) is 5.91 Å². The number of benzene rings is 1. The number of fused-ring (bicyclic) bond motifs is 2. The summed E-state index contributed by atoms with van der Waals surface area (Å²) in [5.41, 5.74) is 3.31. The van der Waals surface area contributed by atoms with Crippen molar-refractivity contribution in [2.45, 2.75) is 75.5 Å². The fourth-order valence-corrected chi connectivity index (χ4v) is 6.86. The fourth-order valence-electron chi connectivity index (χ4n) is 6.86. The van der Waals surface area contributed by atoms with Gasteiger partial charge in [0.2, 0.25) is 23.6 Å². The zero-order valence-electron chi connectivity index (χ0n) is 27.4. The van der Waals surface area contributed by atoms with Crippen LogP contribution in [0.4, 0.5) is 0 Å². The van der Waals surface area contributed by atoms with Crippen LogP contribution in [0, 0.1) is 5.92 Å². The van der Waals surface area contributed by atoms with Crippen LogP contribution in [0.2, 0.25) is 0 Å². The Hall–Kier alpha value is -5.60. The van der Waals surface area contributed by atoms with Gasteiger partial charge in [-0.05, 0) is 74.3 Å². The van der Waals surface area contributed by atoms with Crippen molar-refractivity contribution in [1.82, 2.24) is 41.3 Å². The lowest BCUT2D eigenvalue weighted by Gasteiger charge is -2.29. The summed E-state index contributed by atoms with van der Waals surface area (Å²) in [6.45, 7) is 0.275. The molecule has 3 aliphatic rings. The Morgan fingerprint density at radius 2 is 1.68 bits per heavy atom. The minimum absolute atomic E-state index is 0.0135. The Labute approximate surface area is 288 Å². The van der Waals surface area contributed by atoms with Crippen LogP contribution in [0.1, 0.15) is 60.1 Å². The molecule has 0 spiro atoms. The van der Waals surface area contributed by atoms with Crippen molar-refractivity contribution in [3.63, 3.8) is 0 Å². The van der Waals surface area contributed by atoms with Crippen molar-refractivity contribution < 1.29 is 33.9 Å². The van der Waals surface area contributed by atoms with Crippen LogP contribution < -0.4 is 21.3 Å². The maximum atomic E-state index is 14.3. The van der Waals surface area contributed by atoms with Crippen LogP contribution in [0.5, 0.6) is 0 Å². The smallest absolute Gasteiger partial charge is 0.326 e. The standard InChI is InChI=1S/C35H40N8O7/c44-30-12-11-26(35(49)50)40-33(47)29-17-23(38-31(45)22-15-20-7-1-2-8-21(20)16-22)19-43(29)34(48)25(10-4-6-14-37-30)39-32(46)28-18-27(41-42-28)24-9-3-5-13-36-24/h1-3,5,7-9,13,18,22-23,25-26,29H,4,6,10-12,14-17,19H2,(H,37,44)(H,38,45)(H,39,46)(H,40,47)(H,41,42)(H,49,50)/t23-,25+,26+,29+/m1/s1. The molecule has 4 atom stereocenters. The average molecular weight is 685 g/mol. The summed E-state index contributed by atoms with van der Waals surface area (Å²) < 4.78 is 0. The molecule has 2 aliphatic heterocycles. The molecule has 0 bridgehead atoms. The molecule has 262 valence electrons. The van der Waals surface area contributed by atoms with Crippen LogP contribution in [0.15, 0.2) is 54.7 Å². The summed E-state index contributed by atoms with van der Waals surface area (Å²) in [6, 6.07) is 10.5. The molecule has 2 saturated heterocycles. The Bertz CT molecular complexity index is 1740. The van der Waals surface area contributed by atoms with E-state index in [0.717, 1.165) is 11.1 Å². The topological polar surface area (TPSA) is 216 Å². The highest BCUT2D eigenvalue weighted by molar-refractivity contribution is 5.98. The molecule has 1 aromatic carbocycles. The van der Waals surface area contributed by atoms with Gasteiger partial charge in [0, 0.05) is 37.7 Å². The van der Waals surface area contributed by atoms with Crippen LogP contribution >= 0.6 is 0 Å². The number of carboxylic acids is 1. The Kier molecular flexibility index (Phi) is 10.5. The first kappa shape index (κ1) is 34.3. The van der Waals surface area contributed by atoms with E-state index >= 15 is 0 Å². The van der Waals surface area contributed by atoms with Crippen molar-refractivity contribution in [3.05, 3.63) is 71.5 Å². The van der Waals surface area contributed by atoms with Crippen LogP contribution in [-0.4, -0.2) is 97.9 Å². The quantitative estimate of drug-likeness (QED) is 0.215. The average Bonchev–Trinajstić information content (AvgIpc) is 3.88. The molecule has 0 radical (unpaired) electrons. The Morgan fingerprint density at radius 3 is 2.40 bits per heavy atom. The van der Waals surface area contributed by atoms with Crippen LogP contribution in [0.25, 0.3) is 11.4 Å². The highest BCUT2D eigenvalue weighted by Gasteiger charge is 2.44. The van der Waals surface area contributed by atoms with Gasteiger partial charge >= 0.3 is 5.97 Å². The fraction of sp³-hybridized carbons (Fsp3) is 0.429. The molecular formula is C35H40N8O7. The third-order valence-electron chi connectivity index (χ3n) is 9.52. The normalized spacial score (nSPS) is 23.4. The van der Waals surface area contributed by atoms with Gasteiger partial charge in [-0.1, -0.05) is 30.3 Å². The molecular weight excluding hydrogens is 644 g/mol. The number of rotatable bonds is 6. The number of carbonyl (C=O) groups is 6. The Morgan fingerprint density at radius 1 is 0.920 bits per heavy atom. The second-order valence-corrected chi connectivity index (χ2v) is 13.0. The summed E-state index contributed by atoms with van der Waals surface area (Å²) in [5.74, 6) is -4.01. The Balaban J connectivity index is 1.22. The van der Waals surface area contributed by atoms with Crippen molar-refractivity contribution in [2.24, 2.45) is 5.92 Å². The SMILES string of the molecule is O=C1CC[C@@H](C(=O)O)NC(=O)[C@@H]2C[C@@H](NC(=O)C3Cc4ccccc4C3)CN2C(=O)[C@@H](NC(=O)c2cc(-c3ccccn3)n[nH]2)CCCCN1. The second-order valence-electron chi connectivity index (χ2n) is 13.0. The predicted octanol–water partition coefficient (Wildman–Crippen LogP) is 0.721. The molecule has 4 heterocycles. The van der Waals surface area contributed by atoms with E-state index in [0.29, 0.717) is 37.1 Å². The first-order valence-corrected chi connectivity index (χ1v) is 16.9. The molecule has 6 rings (SSSR count). The third kappa shape index (κ3) is 7.98. The number of amides is 5. The number of carboxylic acid groups (broad SMARTS) is 1. The highest BCUT2D eigenvalue weighted by atomic mass is 16.4. The van der Waals surface area contributed by atoms with Gasteiger partial charge < -0.3 is 31.3 Å². The molecule has 2 aromatic heterocycles. The zero-order valence-corrected chi connectivity index (χ0v) is 27.4. The summed E-state index contributed by atoms with van der Waals surface area (Å²) in [4.78, 5) is 84.9. The van der Waals surface area contributed by atoms with Gasteiger partial charge in [-0.25, -0.2) is 4.79 Å². The largest absolute Gasteiger partial charge is 0.480 e. The van der Waals surface area contributed by atoms with E-state index in [4.69, 9.17) is 0 Å². The lowest BCUT2D eigenvalue weighted by atomic mass is 10.0. The summed E-state index contributed by atoms with van der Waals surface area (Å²) in [7, 11) is 0. The van der Waals surface area contributed by atoms with E-state index in [2.05, 4.69) is 36.4 Å². The molecule has 0 saturated carbocycles. The van der Waals surface area contributed by atoms with Crippen molar-refractivity contribution in [1.29, 1.82) is 0 Å². The number of carbonyl (C=O) groups excluding carboxylic acids is 5. The van der Waals surface area contributed by atoms with Gasteiger partial charge in [-0.3, -0.25) is 34.1 Å². The molecule has 50 heavy (non-hydrogen) atoms. The first-order valence-electron chi connectivity index (χ1n) is 16.9. The number of aliphatic carboxylic acids is 1. The number of aromatic amines is 1. The molecule has 3 aromatic rings. The monoisotopic (exact) mass is 684 g/mol. The molecule has 0 unspecified atom stereocenters. The van der Waals surface area contributed by atoms with Gasteiger partial charge in [0.05, 0.1) is 5.69 Å². The van der Waals surface area contributed by atoms with E-state index in [1.54, 1.807) is 24.4 Å². The summed E-state index contributed by atoms with van der Waals surface area (Å²) in [6.07, 6.45) is 3.69. The van der Waals surface area contributed by atoms with Gasteiger partial charge in [-0.15, -0.1) is 0 Å². The van der Waals surface area contributed by atoms with E-state index in [-0.39, 0.29) is 62.2 Å². The number of hydrogen-bond acceptors (Lipinski definition) is 8. The van der Waals surface area contributed by atoms with E-state index in [1.165, 1.54) is 11.0 Å². The number of nitrogens with zero attached hydrogens (tertiary/aromatic N) is 3. The number of nitrogens with one attached hydrogen (secondary N) is 5. The van der Waals surface area contributed by atoms with Gasteiger partial charge in [0.15, 0.2) is 0 Å². The zero-order chi connectivity index (χ0) is 35.2. The number of aromatic nitrogens is 3. The number of hydrogen-bond donors (Lipinski definition) is 6. The first-order chi connectivity index (χ1) is 24.2. The summed E-state index contributed by atoms with van der Waals surface area (Å²) >= 11 is 0. The highest BCUT2D eigenvalue weighted by Crippen LogP contribution is 2.28. The molecule has 2 fully saturated rings. The predicted molar refractivity (Wildman–Crippen MR) is 178 cm³/mol. The van der Waals surface area contributed by atoms with Crippen molar-refractivity contribution in [2.75, 3.05) is 13.1 Å². The third-order valence-corrected chi connectivity index (χ3v) is 9.52. The van der Waals surface area contributed by atoms with Crippen LogP contribution in [-0.2, 0) is 36.8 Å². The lowest BCUT2D eigenvalue weighted by Crippen LogP contribution is -2.55. The molecule has 15 nitrogen and oxygen atoms in total. The molecule has 5 amide bonds.